The van der Waals surface area contributed by atoms with Gasteiger partial charge < -0.3 is 25.0 Å². The van der Waals surface area contributed by atoms with Gasteiger partial charge in [-0.25, -0.2) is 0 Å². The quantitative estimate of drug-likeness (QED) is 0.298. The standard InChI is InChI=1S/C22H28F2N4O2.HI/c1-25-22(26-13-16-7-3-4-8-17(16)15-29-2)27-18-11-12-28(14-18)19-9-5-6-10-20(19)30-21(23)24;/h3-10,18,21H,11-15H2,1-2H3,(H2,25,26,27);1H. The van der Waals surface area contributed by atoms with Crippen LogP contribution in [0.4, 0.5) is 14.5 Å². The van der Waals surface area contributed by atoms with Gasteiger partial charge in [-0.2, -0.15) is 8.78 Å². The number of alkyl halides is 2. The van der Waals surface area contributed by atoms with E-state index >= 15 is 0 Å². The number of benzene rings is 2. The Labute approximate surface area is 199 Å². The van der Waals surface area contributed by atoms with Gasteiger partial charge in [0.1, 0.15) is 5.75 Å². The van der Waals surface area contributed by atoms with Gasteiger partial charge in [-0.05, 0) is 29.7 Å². The normalized spacial score (nSPS) is 16.2. The number of guanidine groups is 1. The molecule has 0 amide bonds. The van der Waals surface area contributed by atoms with Crippen LogP contribution >= 0.6 is 24.0 Å². The van der Waals surface area contributed by atoms with E-state index in [-0.39, 0.29) is 35.8 Å². The number of ether oxygens (including phenoxy) is 2. The summed E-state index contributed by atoms with van der Waals surface area (Å²) in [4.78, 5) is 6.37. The van der Waals surface area contributed by atoms with Crippen molar-refractivity contribution >= 4 is 35.6 Å². The predicted octanol–water partition coefficient (Wildman–Crippen LogP) is 4.00. The topological polar surface area (TPSA) is 58.1 Å². The van der Waals surface area contributed by atoms with Gasteiger partial charge in [0, 0.05) is 39.8 Å². The summed E-state index contributed by atoms with van der Waals surface area (Å²) < 4.78 is 35.3. The van der Waals surface area contributed by atoms with Gasteiger partial charge in [-0.1, -0.05) is 36.4 Å². The second kappa shape index (κ2) is 12.7. The molecule has 1 heterocycles. The van der Waals surface area contributed by atoms with Gasteiger partial charge in [0.2, 0.25) is 0 Å². The number of methoxy groups -OCH3 is 1. The number of hydrogen-bond donors (Lipinski definition) is 2. The fourth-order valence-electron chi connectivity index (χ4n) is 3.60. The molecule has 3 rings (SSSR count). The van der Waals surface area contributed by atoms with E-state index in [4.69, 9.17) is 4.74 Å². The van der Waals surface area contributed by atoms with Crippen LogP contribution in [0.25, 0.3) is 0 Å². The van der Waals surface area contributed by atoms with Crippen LogP contribution in [-0.2, 0) is 17.9 Å². The molecule has 1 aliphatic rings. The molecule has 2 aromatic rings. The monoisotopic (exact) mass is 546 g/mol. The highest BCUT2D eigenvalue weighted by Crippen LogP contribution is 2.31. The molecule has 0 aromatic heterocycles. The Bertz CT molecular complexity index is 854. The third-order valence-electron chi connectivity index (χ3n) is 5.04. The molecule has 0 bridgehead atoms. The van der Waals surface area contributed by atoms with Crippen LogP contribution in [0, 0.1) is 0 Å². The third kappa shape index (κ3) is 7.20. The largest absolute Gasteiger partial charge is 0.433 e. The summed E-state index contributed by atoms with van der Waals surface area (Å²) in [6, 6.07) is 15.1. The van der Waals surface area contributed by atoms with Crippen LogP contribution in [0.5, 0.6) is 5.75 Å². The molecule has 6 nitrogen and oxygen atoms in total. The molecule has 0 radical (unpaired) electrons. The highest BCUT2D eigenvalue weighted by atomic mass is 127. The maximum atomic E-state index is 12.7. The lowest BCUT2D eigenvalue weighted by atomic mass is 10.1. The number of para-hydroxylation sites is 2. The van der Waals surface area contributed by atoms with E-state index in [0.717, 1.165) is 24.1 Å². The summed E-state index contributed by atoms with van der Waals surface area (Å²) in [6.07, 6.45) is 0.865. The average Bonchev–Trinajstić information content (AvgIpc) is 3.20. The van der Waals surface area contributed by atoms with Crippen molar-refractivity contribution in [2.75, 3.05) is 32.1 Å². The highest BCUT2D eigenvalue weighted by molar-refractivity contribution is 14.0. The zero-order valence-corrected chi connectivity index (χ0v) is 20.0. The molecule has 9 heteroatoms. The zero-order chi connectivity index (χ0) is 21.3. The molecule has 0 saturated carbocycles. The number of hydrogen-bond acceptors (Lipinski definition) is 4. The number of aliphatic imine (C=N–C) groups is 1. The molecule has 2 aromatic carbocycles. The van der Waals surface area contributed by atoms with Crippen LogP contribution < -0.4 is 20.3 Å². The minimum Gasteiger partial charge on any atom is -0.433 e. The molecule has 170 valence electrons. The first-order chi connectivity index (χ1) is 14.6. The maximum Gasteiger partial charge on any atom is 0.387 e. The van der Waals surface area contributed by atoms with Crippen LogP contribution in [0.1, 0.15) is 17.5 Å². The van der Waals surface area contributed by atoms with Crippen molar-refractivity contribution in [2.45, 2.75) is 32.2 Å². The number of nitrogens with zero attached hydrogens (tertiary/aromatic N) is 2. The minimum absolute atomic E-state index is 0. The fraction of sp³-hybridized carbons (Fsp3) is 0.409. The van der Waals surface area contributed by atoms with Crippen LogP contribution in [0.2, 0.25) is 0 Å². The summed E-state index contributed by atoms with van der Waals surface area (Å²) in [7, 11) is 3.41. The van der Waals surface area contributed by atoms with E-state index in [1.54, 1.807) is 32.4 Å². The maximum absolute atomic E-state index is 12.7. The molecule has 1 fully saturated rings. The summed E-state index contributed by atoms with van der Waals surface area (Å²) >= 11 is 0. The summed E-state index contributed by atoms with van der Waals surface area (Å²) in [5.74, 6) is 0.900. The predicted molar refractivity (Wildman–Crippen MR) is 130 cm³/mol. The van der Waals surface area contributed by atoms with Crippen LogP contribution in [-0.4, -0.2) is 45.9 Å². The Morgan fingerprint density at radius 2 is 1.87 bits per heavy atom. The Morgan fingerprint density at radius 3 is 2.58 bits per heavy atom. The molecule has 2 N–H and O–H groups in total. The first kappa shape index (κ1) is 25.1. The van der Waals surface area contributed by atoms with Gasteiger partial charge in [0.05, 0.1) is 12.3 Å². The first-order valence-electron chi connectivity index (χ1n) is 9.92. The lowest BCUT2D eigenvalue weighted by Gasteiger charge is -2.22. The average molecular weight is 546 g/mol. The fourth-order valence-corrected chi connectivity index (χ4v) is 3.60. The zero-order valence-electron chi connectivity index (χ0n) is 17.7. The minimum atomic E-state index is -2.84. The molecule has 1 unspecified atom stereocenters. The molecule has 1 aliphatic heterocycles. The first-order valence-corrected chi connectivity index (χ1v) is 9.92. The molecule has 1 saturated heterocycles. The van der Waals surface area contributed by atoms with Crippen molar-refractivity contribution in [3.63, 3.8) is 0 Å². The van der Waals surface area contributed by atoms with Gasteiger partial charge in [0.15, 0.2) is 5.96 Å². The number of halogens is 3. The Morgan fingerprint density at radius 1 is 1.16 bits per heavy atom. The summed E-state index contributed by atoms with van der Waals surface area (Å²) in [6.45, 7) is -0.242. The smallest absolute Gasteiger partial charge is 0.387 e. The lowest BCUT2D eigenvalue weighted by Crippen LogP contribution is -2.44. The van der Waals surface area contributed by atoms with Crippen molar-refractivity contribution in [3.05, 3.63) is 59.7 Å². The van der Waals surface area contributed by atoms with Crippen molar-refractivity contribution in [1.82, 2.24) is 10.6 Å². The molecule has 1 atom stereocenters. The Balaban J connectivity index is 0.00000341. The van der Waals surface area contributed by atoms with Crippen molar-refractivity contribution in [2.24, 2.45) is 4.99 Å². The van der Waals surface area contributed by atoms with Crippen molar-refractivity contribution < 1.29 is 18.3 Å². The number of nitrogens with one attached hydrogen (secondary N) is 2. The van der Waals surface area contributed by atoms with Gasteiger partial charge in [-0.15, -0.1) is 24.0 Å². The van der Waals surface area contributed by atoms with E-state index in [0.29, 0.717) is 31.3 Å². The van der Waals surface area contributed by atoms with Crippen molar-refractivity contribution in [1.29, 1.82) is 0 Å². The SMILES string of the molecule is CN=C(NCc1ccccc1COC)NC1CCN(c2ccccc2OC(F)F)C1.I. The lowest BCUT2D eigenvalue weighted by molar-refractivity contribution is -0.0495. The molecular weight excluding hydrogens is 517 g/mol. The molecule has 31 heavy (non-hydrogen) atoms. The highest BCUT2D eigenvalue weighted by Gasteiger charge is 2.26. The Kier molecular flexibility index (Phi) is 10.3. The van der Waals surface area contributed by atoms with Crippen LogP contribution in [0.3, 0.4) is 0 Å². The van der Waals surface area contributed by atoms with E-state index in [1.165, 1.54) is 0 Å². The van der Waals surface area contributed by atoms with E-state index in [2.05, 4.69) is 31.3 Å². The molecule has 0 aliphatic carbocycles. The summed E-state index contributed by atoms with van der Waals surface area (Å²) in [5.41, 5.74) is 2.96. The van der Waals surface area contributed by atoms with Gasteiger partial charge >= 0.3 is 6.61 Å². The third-order valence-corrected chi connectivity index (χ3v) is 5.04. The van der Waals surface area contributed by atoms with Gasteiger partial charge in [0.25, 0.3) is 0 Å². The second-order valence-corrected chi connectivity index (χ2v) is 7.05. The molecule has 0 spiro atoms. The second-order valence-electron chi connectivity index (χ2n) is 7.05. The number of anilines is 1. The van der Waals surface area contributed by atoms with Crippen LogP contribution in [0.15, 0.2) is 53.5 Å². The van der Waals surface area contributed by atoms with Gasteiger partial charge in [-0.3, -0.25) is 4.99 Å². The van der Waals surface area contributed by atoms with E-state index < -0.39 is 6.61 Å². The van der Waals surface area contributed by atoms with E-state index in [1.807, 2.05) is 24.3 Å². The van der Waals surface area contributed by atoms with E-state index in [9.17, 15) is 8.78 Å². The number of rotatable bonds is 8. The molecular formula is C22H29F2IN4O2. The Hall–Kier alpha value is -2.14. The summed E-state index contributed by atoms with van der Waals surface area (Å²) in [5, 5.41) is 6.77. The van der Waals surface area contributed by atoms with Crippen molar-refractivity contribution in [3.8, 4) is 5.75 Å².